The predicted octanol–water partition coefficient (Wildman–Crippen LogP) is 1.75. The van der Waals surface area contributed by atoms with Gasteiger partial charge in [0.1, 0.15) is 0 Å². The summed E-state index contributed by atoms with van der Waals surface area (Å²) in [4.78, 5) is 38.3. The molecule has 2 aromatic carbocycles. The first-order valence-corrected chi connectivity index (χ1v) is 10.5. The van der Waals surface area contributed by atoms with Gasteiger partial charge in [-0.05, 0) is 62.2 Å². The quantitative estimate of drug-likeness (QED) is 0.186. The Bertz CT molecular complexity index is 1020. The molecule has 0 unspecified atom stereocenters. The Morgan fingerprint density at radius 3 is 2.03 bits per heavy atom. The Morgan fingerprint density at radius 1 is 1.00 bits per heavy atom. The molecule has 174 valence electrons. The van der Waals surface area contributed by atoms with Crippen molar-refractivity contribution in [1.29, 1.82) is 0 Å². The Labute approximate surface area is 193 Å². The van der Waals surface area contributed by atoms with Crippen LogP contribution < -0.4 is 10.8 Å². The van der Waals surface area contributed by atoms with Crippen LogP contribution in [0.25, 0.3) is 0 Å². The molecule has 8 nitrogen and oxygen atoms in total. The molecule has 0 bridgehead atoms. The molecular weight excluding hydrogens is 422 g/mol. The van der Waals surface area contributed by atoms with Crippen molar-refractivity contribution >= 4 is 17.7 Å². The number of hydroxylamine groups is 1. The maximum absolute atomic E-state index is 12.9. The summed E-state index contributed by atoms with van der Waals surface area (Å²) < 4.78 is 5.36. The van der Waals surface area contributed by atoms with Crippen LogP contribution in [0.4, 0.5) is 0 Å². The number of rotatable bonds is 8. The van der Waals surface area contributed by atoms with Crippen molar-refractivity contribution in [3.05, 3.63) is 70.8 Å². The van der Waals surface area contributed by atoms with Gasteiger partial charge in [-0.3, -0.25) is 19.6 Å². The summed E-state index contributed by atoms with van der Waals surface area (Å²) in [6.45, 7) is 4.61. The Hall–Kier alpha value is -3.67. The summed E-state index contributed by atoms with van der Waals surface area (Å²) in [5.74, 6) is 3.81. The van der Waals surface area contributed by atoms with Gasteiger partial charge in [-0.15, -0.1) is 0 Å². The van der Waals surface area contributed by atoms with Gasteiger partial charge in [-0.1, -0.05) is 24.0 Å². The van der Waals surface area contributed by atoms with Crippen molar-refractivity contribution < 1.29 is 24.3 Å². The zero-order valence-electron chi connectivity index (χ0n) is 19.3. The lowest BCUT2D eigenvalue weighted by Crippen LogP contribution is -2.64. The molecule has 0 heterocycles. The summed E-state index contributed by atoms with van der Waals surface area (Å²) >= 11 is 0. The number of nitrogens with zero attached hydrogens (tertiary/aromatic N) is 1. The third-order valence-corrected chi connectivity index (χ3v) is 5.36. The van der Waals surface area contributed by atoms with Crippen molar-refractivity contribution in [1.82, 2.24) is 15.7 Å². The topological polar surface area (TPSA) is 108 Å². The highest BCUT2D eigenvalue weighted by atomic mass is 16.5. The zero-order valence-corrected chi connectivity index (χ0v) is 19.3. The number of carbonyl (C=O) groups is 3. The predicted molar refractivity (Wildman–Crippen MR) is 124 cm³/mol. The Morgan fingerprint density at radius 2 is 1.55 bits per heavy atom. The van der Waals surface area contributed by atoms with Gasteiger partial charge in [0, 0.05) is 37.4 Å². The smallest absolute Gasteiger partial charge is 0.278 e. The van der Waals surface area contributed by atoms with Gasteiger partial charge < -0.3 is 15.0 Å². The standard InChI is InChI=1S/C25H29N3O5/c1-5-33-17-16-20-10-8-18(9-11-20)6-7-19-12-14-21(15-13-19)22(29)28(4)25(2,23(30)26-3)24(31)27-32/h8-15,32H,5,16-17H2,1-4H3,(H,26,30)(H,27,31)/t25-/m0/s1. The van der Waals surface area contributed by atoms with Crippen LogP contribution in [-0.2, 0) is 20.7 Å². The van der Waals surface area contributed by atoms with E-state index in [2.05, 4.69) is 17.2 Å². The molecule has 0 radical (unpaired) electrons. The third kappa shape index (κ3) is 6.19. The second kappa shape index (κ2) is 11.8. The number of nitrogens with one attached hydrogen (secondary N) is 2. The molecule has 0 aromatic heterocycles. The Kier molecular flexibility index (Phi) is 9.16. The zero-order chi connectivity index (χ0) is 24.4. The molecule has 33 heavy (non-hydrogen) atoms. The molecule has 0 aliphatic heterocycles. The van der Waals surface area contributed by atoms with Crippen LogP contribution >= 0.6 is 0 Å². The number of benzene rings is 2. The van der Waals surface area contributed by atoms with Crippen molar-refractivity contribution in [3.63, 3.8) is 0 Å². The van der Waals surface area contributed by atoms with Crippen LogP contribution in [0.5, 0.6) is 0 Å². The lowest BCUT2D eigenvalue weighted by molar-refractivity contribution is -0.148. The van der Waals surface area contributed by atoms with Crippen LogP contribution in [0.2, 0.25) is 0 Å². The highest BCUT2D eigenvalue weighted by Crippen LogP contribution is 2.18. The molecule has 2 rings (SSSR count). The molecule has 3 N–H and O–H groups in total. The molecule has 0 fully saturated rings. The number of hydrogen-bond acceptors (Lipinski definition) is 5. The molecule has 0 aliphatic carbocycles. The van der Waals surface area contributed by atoms with E-state index in [1.54, 1.807) is 24.3 Å². The first kappa shape index (κ1) is 25.6. The summed E-state index contributed by atoms with van der Waals surface area (Å²) in [6.07, 6.45) is 0.852. The number of hydrogen-bond donors (Lipinski definition) is 3. The second-order valence-corrected chi connectivity index (χ2v) is 7.43. The number of likely N-dealkylation sites (N-methyl/N-ethyl adjacent to an activating group) is 2. The fraction of sp³-hybridized carbons (Fsp3) is 0.320. The molecular formula is C25H29N3O5. The third-order valence-electron chi connectivity index (χ3n) is 5.36. The van der Waals surface area contributed by atoms with Gasteiger partial charge in [0.15, 0.2) is 5.54 Å². The fourth-order valence-corrected chi connectivity index (χ4v) is 3.09. The number of carbonyl (C=O) groups excluding carboxylic acids is 3. The minimum Gasteiger partial charge on any atom is -0.381 e. The van der Waals surface area contributed by atoms with Crippen LogP contribution in [0, 0.1) is 11.8 Å². The summed E-state index contributed by atoms with van der Waals surface area (Å²) in [5.41, 5.74) is 2.53. The van der Waals surface area contributed by atoms with Crippen molar-refractivity contribution in [2.45, 2.75) is 25.8 Å². The van der Waals surface area contributed by atoms with Gasteiger partial charge in [0.05, 0.1) is 6.61 Å². The van der Waals surface area contributed by atoms with Gasteiger partial charge >= 0.3 is 0 Å². The summed E-state index contributed by atoms with van der Waals surface area (Å²) in [5, 5.41) is 11.4. The van der Waals surface area contributed by atoms with Crippen molar-refractivity contribution in [3.8, 4) is 11.8 Å². The van der Waals surface area contributed by atoms with Crippen LogP contribution in [0.3, 0.4) is 0 Å². The van der Waals surface area contributed by atoms with E-state index in [0.717, 1.165) is 16.9 Å². The molecule has 2 aromatic rings. The van der Waals surface area contributed by atoms with E-state index in [1.165, 1.54) is 32.1 Å². The van der Waals surface area contributed by atoms with E-state index < -0.39 is 23.3 Å². The van der Waals surface area contributed by atoms with Crippen LogP contribution in [0.1, 0.15) is 40.9 Å². The number of amides is 3. The van der Waals surface area contributed by atoms with Crippen LogP contribution in [0.15, 0.2) is 48.5 Å². The van der Waals surface area contributed by atoms with E-state index in [1.807, 2.05) is 31.2 Å². The Balaban J connectivity index is 2.13. The van der Waals surface area contributed by atoms with Crippen molar-refractivity contribution in [2.24, 2.45) is 0 Å². The number of ether oxygens (including phenoxy) is 1. The van der Waals surface area contributed by atoms with Crippen molar-refractivity contribution in [2.75, 3.05) is 27.3 Å². The van der Waals surface area contributed by atoms with E-state index in [4.69, 9.17) is 9.94 Å². The lowest BCUT2D eigenvalue weighted by Gasteiger charge is -2.34. The lowest BCUT2D eigenvalue weighted by atomic mass is 9.96. The molecule has 0 spiro atoms. The normalized spacial score (nSPS) is 12.0. The molecule has 0 saturated heterocycles. The van der Waals surface area contributed by atoms with Gasteiger partial charge in [0.2, 0.25) is 0 Å². The average molecular weight is 452 g/mol. The molecule has 1 atom stereocenters. The second-order valence-electron chi connectivity index (χ2n) is 7.43. The highest BCUT2D eigenvalue weighted by molar-refractivity contribution is 6.12. The maximum Gasteiger partial charge on any atom is 0.278 e. The average Bonchev–Trinajstić information content (AvgIpc) is 2.86. The van der Waals surface area contributed by atoms with Crippen LogP contribution in [-0.4, -0.2) is 60.7 Å². The molecule has 0 aliphatic rings. The SMILES string of the molecule is CCOCCc1ccc(C#Cc2ccc(C(=O)N(C)[C@@](C)(C(=O)NC)C(=O)NO)cc2)cc1. The van der Waals surface area contributed by atoms with E-state index in [-0.39, 0.29) is 5.56 Å². The maximum atomic E-state index is 12.9. The molecule has 8 heteroatoms. The summed E-state index contributed by atoms with van der Waals surface area (Å²) in [7, 11) is 2.66. The van der Waals surface area contributed by atoms with E-state index >= 15 is 0 Å². The largest absolute Gasteiger partial charge is 0.381 e. The monoisotopic (exact) mass is 451 g/mol. The minimum atomic E-state index is -1.94. The summed E-state index contributed by atoms with van der Waals surface area (Å²) in [6, 6.07) is 14.5. The first-order chi connectivity index (χ1) is 15.8. The van der Waals surface area contributed by atoms with E-state index in [9.17, 15) is 14.4 Å². The van der Waals surface area contributed by atoms with Gasteiger partial charge in [0.25, 0.3) is 17.7 Å². The highest BCUT2D eigenvalue weighted by Gasteiger charge is 2.47. The van der Waals surface area contributed by atoms with E-state index in [0.29, 0.717) is 18.8 Å². The van der Waals surface area contributed by atoms with Gasteiger partial charge in [-0.2, -0.15) is 0 Å². The van der Waals surface area contributed by atoms with Gasteiger partial charge in [-0.25, -0.2) is 5.48 Å². The molecule has 0 saturated carbocycles. The molecule has 3 amide bonds. The minimum absolute atomic E-state index is 0.266. The first-order valence-electron chi connectivity index (χ1n) is 10.5. The fourth-order valence-electron chi connectivity index (χ4n) is 3.09.